The molecule has 142 valence electrons. The molecule has 0 radical (unpaired) electrons. The lowest BCUT2D eigenvalue weighted by Crippen LogP contribution is -2.39. The van der Waals surface area contributed by atoms with Gasteiger partial charge in [0, 0.05) is 11.4 Å². The van der Waals surface area contributed by atoms with Gasteiger partial charge in [0.1, 0.15) is 0 Å². The Morgan fingerprint density at radius 3 is 2.59 bits per heavy atom. The van der Waals surface area contributed by atoms with Crippen LogP contribution in [0, 0.1) is 0 Å². The third-order valence-corrected chi connectivity index (χ3v) is 6.33. The minimum Gasteiger partial charge on any atom is -0.348 e. The Morgan fingerprint density at radius 1 is 1.00 bits per heavy atom. The number of hydrogen-bond donors (Lipinski definition) is 2. The largest absolute Gasteiger partial charge is 0.348 e. The number of rotatable bonds is 7. The second kappa shape index (κ2) is 9.62. The first-order valence-corrected chi connectivity index (χ1v) is 10.7. The zero-order valence-electron chi connectivity index (χ0n) is 15.0. The average Bonchev–Trinajstić information content (AvgIpc) is 3.38. The molecule has 0 atom stereocenters. The molecule has 27 heavy (non-hydrogen) atoms. The maximum absolute atomic E-state index is 12.3. The van der Waals surface area contributed by atoms with Crippen molar-refractivity contribution in [3.63, 3.8) is 0 Å². The Morgan fingerprint density at radius 2 is 1.85 bits per heavy atom. The SMILES string of the molecule is O=C(NCCC1=CCCCC1)C(=O)NCc1ccc(C(=O)c2cccs2)s1. The normalized spacial score (nSPS) is 13.7. The van der Waals surface area contributed by atoms with Gasteiger partial charge in [0.2, 0.25) is 5.78 Å². The van der Waals surface area contributed by atoms with E-state index in [1.54, 1.807) is 18.2 Å². The highest BCUT2D eigenvalue weighted by molar-refractivity contribution is 7.16. The molecule has 1 aliphatic carbocycles. The molecule has 2 N–H and O–H groups in total. The lowest BCUT2D eigenvalue weighted by Gasteiger charge is -2.12. The molecule has 2 aromatic rings. The summed E-state index contributed by atoms with van der Waals surface area (Å²) in [6, 6.07) is 7.20. The molecule has 0 aliphatic heterocycles. The summed E-state index contributed by atoms with van der Waals surface area (Å²) in [5, 5.41) is 7.14. The van der Waals surface area contributed by atoms with Crippen molar-refractivity contribution in [2.45, 2.75) is 38.6 Å². The number of hydrogen-bond acceptors (Lipinski definition) is 5. The van der Waals surface area contributed by atoms with Crippen molar-refractivity contribution < 1.29 is 14.4 Å². The van der Waals surface area contributed by atoms with Gasteiger partial charge in [-0.2, -0.15) is 0 Å². The maximum atomic E-state index is 12.3. The van der Waals surface area contributed by atoms with Crippen molar-refractivity contribution in [3.05, 3.63) is 55.9 Å². The van der Waals surface area contributed by atoms with Gasteiger partial charge in [-0.05, 0) is 55.7 Å². The molecule has 3 rings (SSSR count). The summed E-state index contributed by atoms with van der Waals surface area (Å²) < 4.78 is 0. The molecule has 2 amide bonds. The van der Waals surface area contributed by atoms with Crippen molar-refractivity contribution in [2.24, 2.45) is 0 Å². The Labute approximate surface area is 166 Å². The summed E-state index contributed by atoms with van der Waals surface area (Å²) in [5.41, 5.74) is 1.36. The van der Waals surface area contributed by atoms with E-state index >= 15 is 0 Å². The molecule has 0 bridgehead atoms. The number of amides is 2. The van der Waals surface area contributed by atoms with Crippen LogP contribution in [0.3, 0.4) is 0 Å². The molecule has 5 nitrogen and oxygen atoms in total. The number of allylic oxidation sites excluding steroid dienone is 1. The van der Waals surface area contributed by atoms with Crippen LogP contribution < -0.4 is 10.6 Å². The maximum Gasteiger partial charge on any atom is 0.309 e. The first-order valence-electron chi connectivity index (χ1n) is 9.04. The summed E-state index contributed by atoms with van der Waals surface area (Å²) in [5.74, 6) is -1.27. The van der Waals surface area contributed by atoms with Crippen molar-refractivity contribution in [2.75, 3.05) is 6.54 Å². The first-order chi connectivity index (χ1) is 13.1. The van der Waals surface area contributed by atoms with E-state index in [4.69, 9.17) is 0 Å². The quantitative estimate of drug-likeness (QED) is 0.422. The molecule has 0 fully saturated rings. The van der Waals surface area contributed by atoms with E-state index in [0.717, 1.165) is 24.1 Å². The van der Waals surface area contributed by atoms with Crippen LogP contribution in [0.2, 0.25) is 0 Å². The van der Waals surface area contributed by atoms with E-state index < -0.39 is 11.8 Å². The van der Waals surface area contributed by atoms with Gasteiger partial charge in [0.05, 0.1) is 16.3 Å². The molecule has 2 aromatic heterocycles. The molecule has 0 saturated carbocycles. The summed E-state index contributed by atoms with van der Waals surface area (Å²) in [4.78, 5) is 38.3. The number of carbonyl (C=O) groups is 3. The summed E-state index contributed by atoms with van der Waals surface area (Å²) >= 11 is 2.74. The first kappa shape index (κ1) is 19.5. The van der Waals surface area contributed by atoms with E-state index in [9.17, 15) is 14.4 Å². The highest BCUT2D eigenvalue weighted by Crippen LogP contribution is 2.22. The fourth-order valence-corrected chi connectivity index (χ4v) is 4.56. The highest BCUT2D eigenvalue weighted by atomic mass is 32.1. The van der Waals surface area contributed by atoms with Crippen LogP contribution in [0.15, 0.2) is 41.3 Å². The molecular weight excluding hydrogens is 380 g/mol. The van der Waals surface area contributed by atoms with E-state index in [2.05, 4.69) is 16.7 Å². The zero-order chi connectivity index (χ0) is 19.1. The zero-order valence-corrected chi connectivity index (χ0v) is 16.6. The lowest BCUT2D eigenvalue weighted by atomic mass is 9.97. The summed E-state index contributed by atoms with van der Waals surface area (Å²) in [6.07, 6.45) is 7.69. The highest BCUT2D eigenvalue weighted by Gasteiger charge is 2.15. The fourth-order valence-electron chi connectivity index (χ4n) is 2.92. The predicted molar refractivity (Wildman–Crippen MR) is 108 cm³/mol. The molecule has 0 spiro atoms. The van der Waals surface area contributed by atoms with Gasteiger partial charge in [-0.15, -0.1) is 22.7 Å². The minimum absolute atomic E-state index is 0.0117. The Balaban J connectivity index is 1.41. The Kier molecular flexibility index (Phi) is 6.95. The van der Waals surface area contributed by atoms with E-state index in [0.29, 0.717) is 16.3 Å². The van der Waals surface area contributed by atoms with Crippen molar-refractivity contribution in [1.82, 2.24) is 10.6 Å². The average molecular weight is 403 g/mol. The van der Waals surface area contributed by atoms with E-state index in [-0.39, 0.29) is 12.3 Å². The second-order valence-electron chi connectivity index (χ2n) is 6.37. The molecule has 0 unspecified atom stereocenters. The van der Waals surface area contributed by atoms with Gasteiger partial charge in [0.25, 0.3) is 0 Å². The molecule has 2 heterocycles. The fraction of sp³-hybridized carbons (Fsp3) is 0.350. The second-order valence-corrected chi connectivity index (χ2v) is 8.49. The van der Waals surface area contributed by atoms with Crippen molar-refractivity contribution in [3.8, 4) is 0 Å². The van der Waals surface area contributed by atoms with E-state index in [1.807, 2.05) is 11.4 Å². The van der Waals surface area contributed by atoms with Gasteiger partial charge in [-0.1, -0.05) is 17.7 Å². The van der Waals surface area contributed by atoms with Gasteiger partial charge in [0.15, 0.2) is 0 Å². The summed E-state index contributed by atoms with van der Waals surface area (Å²) in [7, 11) is 0. The van der Waals surface area contributed by atoms with Crippen LogP contribution in [-0.2, 0) is 16.1 Å². The van der Waals surface area contributed by atoms with Crippen molar-refractivity contribution >= 4 is 40.3 Å². The van der Waals surface area contributed by atoms with Gasteiger partial charge in [-0.25, -0.2) is 0 Å². The van der Waals surface area contributed by atoms with Crippen LogP contribution in [0.4, 0.5) is 0 Å². The third kappa shape index (κ3) is 5.61. The topological polar surface area (TPSA) is 75.3 Å². The molecular formula is C20H22N2O3S2. The minimum atomic E-state index is -0.646. The van der Waals surface area contributed by atoms with Crippen LogP contribution in [0.25, 0.3) is 0 Å². The Bertz CT molecular complexity index is 837. The van der Waals surface area contributed by atoms with Crippen LogP contribution >= 0.6 is 22.7 Å². The van der Waals surface area contributed by atoms with Crippen LogP contribution in [-0.4, -0.2) is 24.1 Å². The predicted octanol–water partition coefficient (Wildman–Crippen LogP) is 3.66. The van der Waals surface area contributed by atoms with Gasteiger partial charge in [-0.3, -0.25) is 14.4 Å². The number of thiophene rings is 2. The summed E-state index contributed by atoms with van der Waals surface area (Å²) in [6.45, 7) is 0.719. The molecule has 0 saturated heterocycles. The van der Waals surface area contributed by atoms with Gasteiger partial charge < -0.3 is 10.6 Å². The number of nitrogens with one attached hydrogen (secondary N) is 2. The van der Waals surface area contributed by atoms with E-state index in [1.165, 1.54) is 41.1 Å². The smallest absolute Gasteiger partial charge is 0.309 e. The molecule has 0 aromatic carbocycles. The Hall–Kier alpha value is -2.25. The van der Waals surface area contributed by atoms with Crippen molar-refractivity contribution in [1.29, 1.82) is 0 Å². The lowest BCUT2D eigenvalue weighted by molar-refractivity contribution is -0.139. The molecule has 1 aliphatic rings. The molecule has 7 heteroatoms. The monoisotopic (exact) mass is 402 g/mol. The number of carbonyl (C=O) groups excluding carboxylic acids is 3. The van der Waals surface area contributed by atoms with Crippen LogP contribution in [0.5, 0.6) is 0 Å². The van der Waals surface area contributed by atoms with Gasteiger partial charge >= 0.3 is 11.8 Å². The third-order valence-electron chi connectivity index (χ3n) is 4.38. The standard InChI is InChI=1S/C20H22N2O3S2/c23-18(16-7-4-12-26-16)17-9-8-15(27-17)13-22-20(25)19(24)21-11-10-14-5-2-1-3-6-14/h4-5,7-9,12H,1-3,6,10-11,13H2,(H,21,24)(H,22,25). The van der Waals surface area contributed by atoms with Crippen LogP contribution in [0.1, 0.15) is 51.5 Å². The number of ketones is 1.